The van der Waals surface area contributed by atoms with Crippen molar-refractivity contribution in [3.8, 4) is 0 Å². The first-order valence-corrected chi connectivity index (χ1v) is 7.96. The molecule has 5 nitrogen and oxygen atoms in total. The molecular formula is C17H27N3O2. The minimum atomic E-state index is -0.142. The lowest BCUT2D eigenvalue weighted by Crippen LogP contribution is -2.53. The summed E-state index contributed by atoms with van der Waals surface area (Å²) in [7, 11) is 0. The quantitative estimate of drug-likeness (QED) is 0.859. The Morgan fingerprint density at radius 3 is 2.55 bits per heavy atom. The minimum Gasteiger partial charge on any atom is -0.395 e. The van der Waals surface area contributed by atoms with Gasteiger partial charge in [-0.3, -0.25) is 14.6 Å². The zero-order valence-corrected chi connectivity index (χ0v) is 13.8. The van der Waals surface area contributed by atoms with Crippen molar-refractivity contribution in [2.45, 2.75) is 26.8 Å². The summed E-state index contributed by atoms with van der Waals surface area (Å²) in [5.74, 6) is 0.0440. The van der Waals surface area contributed by atoms with Gasteiger partial charge in [-0.15, -0.1) is 0 Å². The van der Waals surface area contributed by atoms with Gasteiger partial charge in [0.25, 0.3) is 0 Å². The van der Waals surface area contributed by atoms with E-state index in [2.05, 4.69) is 21.2 Å². The Labute approximate surface area is 132 Å². The molecule has 0 aromatic heterocycles. The van der Waals surface area contributed by atoms with Crippen molar-refractivity contribution in [2.24, 2.45) is 0 Å². The number of hydrogen-bond acceptors (Lipinski definition) is 4. The van der Waals surface area contributed by atoms with Crippen LogP contribution in [0.3, 0.4) is 0 Å². The van der Waals surface area contributed by atoms with E-state index < -0.39 is 0 Å². The topological polar surface area (TPSA) is 55.8 Å². The van der Waals surface area contributed by atoms with E-state index in [1.165, 1.54) is 5.56 Å². The van der Waals surface area contributed by atoms with E-state index >= 15 is 0 Å². The predicted molar refractivity (Wildman–Crippen MR) is 89.1 cm³/mol. The number of aryl methyl sites for hydroxylation is 2. The van der Waals surface area contributed by atoms with Crippen LogP contribution in [-0.2, 0) is 4.79 Å². The highest BCUT2D eigenvalue weighted by Crippen LogP contribution is 2.17. The second kappa shape index (κ2) is 7.72. The molecule has 1 saturated heterocycles. The molecule has 0 bridgehead atoms. The highest BCUT2D eigenvalue weighted by atomic mass is 16.3. The van der Waals surface area contributed by atoms with E-state index in [0.29, 0.717) is 0 Å². The number of carbonyl (C=O) groups excluding carboxylic acids is 1. The molecule has 1 heterocycles. The summed E-state index contributed by atoms with van der Waals surface area (Å²) < 4.78 is 0. The summed E-state index contributed by atoms with van der Waals surface area (Å²) in [4.78, 5) is 16.9. The average Bonchev–Trinajstić information content (AvgIpc) is 2.50. The van der Waals surface area contributed by atoms with E-state index in [4.69, 9.17) is 5.11 Å². The van der Waals surface area contributed by atoms with Crippen LogP contribution in [0.2, 0.25) is 0 Å². The fraction of sp³-hybridized carbons (Fsp3) is 0.588. The van der Waals surface area contributed by atoms with Gasteiger partial charge in [-0.2, -0.15) is 0 Å². The fourth-order valence-corrected chi connectivity index (χ4v) is 2.87. The zero-order valence-electron chi connectivity index (χ0n) is 13.8. The van der Waals surface area contributed by atoms with Gasteiger partial charge in [0.1, 0.15) is 0 Å². The monoisotopic (exact) mass is 305 g/mol. The van der Waals surface area contributed by atoms with Gasteiger partial charge in [-0.25, -0.2) is 0 Å². The van der Waals surface area contributed by atoms with E-state index in [1.807, 2.05) is 32.9 Å². The van der Waals surface area contributed by atoms with Crippen LogP contribution in [0, 0.1) is 13.8 Å². The summed E-state index contributed by atoms with van der Waals surface area (Å²) in [6.45, 7) is 10.5. The standard InChI is InChI=1S/C17H27N3O2/c1-13-4-5-16(14(2)12-13)18-17(22)15(3)20-8-6-19(7-9-20)10-11-21/h4-5,12,15,21H,6-11H2,1-3H3,(H,18,22). The van der Waals surface area contributed by atoms with Crippen LogP contribution in [0.5, 0.6) is 0 Å². The second-order valence-electron chi connectivity index (χ2n) is 6.08. The molecule has 0 spiro atoms. The Hall–Kier alpha value is -1.43. The van der Waals surface area contributed by atoms with Gasteiger partial charge in [0.15, 0.2) is 0 Å². The molecule has 1 aromatic carbocycles. The number of β-amino-alcohol motifs (C(OH)–C–C–N with tert-alkyl or cyclic N) is 1. The molecule has 1 amide bonds. The zero-order chi connectivity index (χ0) is 16.1. The number of hydrogen-bond donors (Lipinski definition) is 2. The number of carbonyl (C=O) groups is 1. The number of aliphatic hydroxyl groups excluding tert-OH is 1. The molecule has 1 atom stereocenters. The van der Waals surface area contributed by atoms with Crippen LogP contribution in [0.25, 0.3) is 0 Å². The third kappa shape index (κ3) is 4.29. The molecule has 2 rings (SSSR count). The molecule has 1 unspecified atom stereocenters. The van der Waals surface area contributed by atoms with Crippen molar-refractivity contribution >= 4 is 11.6 Å². The minimum absolute atomic E-state index is 0.0440. The summed E-state index contributed by atoms with van der Waals surface area (Å²) in [6, 6.07) is 5.92. The maximum Gasteiger partial charge on any atom is 0.241 e. The maximum absolute atomic E-state index is 12.4. The van der Waals surface area contributed by atoms with Gasteiger partial charge in [-0.05, 0) is 32.4 Å². The number of nitrogens with one attached hydrogen (secondary N) is 1. The number of piperazine rings is 1. The Morgan fingerprint density at radius 1 is 1.27 bits per heavy atom. The Balaban J connectivity index is 1.90. The molecule has 0 radical (unpaired) electrons. The lowest BCUT2D eigenvalue weighted by molar-refractivity contribution is -0.121. The molecule has 5 heteroatoms. The van der Waals surface area contributed by atoms with Crippen LogP contribution in [0.15, 0.2) is 18.2 Å². The van der Waals surface area contributed by atoms with Gasteiger partial charge in [0.2, 0.25) is 5.91 Å². The average molecular weight is 305 g/mol. The molecule has 22 heavy (non-hydrogen) atoms. The van der Waals surface area contributed by atoms with Gasteiger partial charge < -0.3 is 10.4 Å². The number of nitrogens with zero attached hydrogens (tertiary/aromatic N) is 2. The predicted octanol–water partition coefficient (Wildman–Crippen LogP) is 1.24. The smallest absolute Gasteiger partial charge is 0.241 e. The van der Waals surface area contributed by atoms with Crippen molar-refractivity contribution in [3.63, 3.8) is 0 Å². The third-order valence-corrected chi connectivity index (χ3v) is 4.39. The van der Waals surface area contributed by atoms with Crippen molar-refractivity contribution in [3.05, 3.63) is 29.3 Å². The van der Waals surface area contributed by atoms with Crippen molar-refractivity contribution in [2.75, 3.05) is 44.6 Å². The van der Waals surface area contributed by atoms with E-state index in [9.17, 15) is 4.79 Å². The van der Waals surface area contributed by atoms with Crippen molar-refractivity contribution in [1.82, 2.24) is 9.80 Å². The van der Waals surface area contributed by atoms with E-state index in [-0.39, 0.29) is 18.6 Å². The number of amides is 1. The molecular weight excluding hydrogens is 278 g/mol. The van der Waals surface area contributed by atoms with Gasteiger partial charge in [-0.1, -0.05) is 17.7 Å². The van der Waals surface area contributed by atoms with Crippen LogP contribution in [0.4, 0.5) is 5.69 Å². The number of aliphatic hydroxyl groups is 1. The second-order valence-corrected chi connectivity index (χ2v) is 6.08. The van der Waals surface area contributed by atoms with Crippen LogP contribution < -0.4 is 5.32 Å². The van der Waals surface area contributed by atoms with Crippen LogP contribution in [0.1, 0.15) is 18.1 Å². The summed E-state index contributed by atoms with van der Waals surface area (Å²) in [5.41, 5.74) is 3.18. The van der Waals surface area contributed by atoms with Crippen molar-refractivity contribution in [1.29, 1.82) is 0 Å². The molecule has 1 fully saturated rings. The van der Waals surface area contributed by atoms with Crippen LogP contribution >= 0.6 is 0 Å². The van der Waals surface area contributed by atoms with E-state index in [1.54, 1.807) is 0 Å². The van der Waals surface area contributed by atoms with Crippen LogP contribution in [-0.4, -0.2) is 66.2 Å². The molecule has 1 aliphatic rings. The molecule has 1 aliphatic heterocycles. The largest absolute Gasteiger partial charge is 0.395 e. The molecule has 0 saturated carbocycles. The summed E-state index contributed by atoms with van der Waals surface area (Å²) >= 11 is 0. The molecule has 122 valence electrons. The first kappa shape index (κ1) is 16.9. The normalized spacial score (nSPS) is 18.2. The highest BCUT2D eigenvalue weighted by Gasteiger charge is 2.25. The molecule has 0 aliphatic carbocycles. The number of benzene rings is 1. The van der Waals surface area contributed by atoms with Crippen molar-refractivity contribution < 1.29 is 9.90 Å². The fourth-order valence-electron chi connectivity index (χ4n) is 2.87. The SMILES string of the molecule is Cc1ccc(NC(=O)C(C)N2CCN(CCO)CC2)c(C)c1. The first-order chi connectivity index (χ1) is 10.5. The highest BCUT2D eigenvalue weighted by molar-refractivity contribution is 5.95. The Bertz CT molecular complexity index is 511. The van der Waals surface area contributed by atoms with Gasteiger partial charge >= 0.3 is 0 Å². The van der Waals surface area contributed by atoms with E-state index in [0.717, 1.165) is 44.0 Å². The Kier molecular flexibility index (Phi) is 5.94. The maximum atomic E-state index is 12.4. The lowest BCUT2D eigenvalue weighted by Gasteiger charge is -2.37. The summed E-state index contributed by atoms with van der Waals surface area (Å²) in [6.07, 6.45) is 0. The number of anilines is 1. The third-order valence-electron chi connectivity index (χ3n) is 4.39. The first-order valence-electron chi connectivity index (χ1n) is 7.96. The van der Waals surface area contributed by atoms with Gasteiger partial charge in [0.05, 0.1) is 12.6 Å². The summed E-state index contributed by atoms with van der Waals surface area (Å²) in [5, 5.41) is 12.0. The molecule has 1 aromatic rings. The molecule has 2 N–H and O–H groups in total. The number of rotatable bonds is 5. The van der Waals surface area contributed by atoms with Gasteiger partial charge in [0, 0.05) is 38.4 Å². The lowest BCUT2D eigenvalue weighted by atomic mass is 10.1. The Morgan fingerprint density at radius 2 is 1.95 bits per heavy atom.